The molecular weight excluding hydrogens is 234 g/mol. The first kappa shape index (κ1) is 12.1. The van der Waals surface area contributed by atoms with Crippen LogP contribution in [0.5, 0.6) is 0 Å². The number of nitrogens with zero attached hydrogens (tertiary/aromatic N) is 1. The van der Waals surface area contributed by atoms with Gasteiger partial charge in [-0.05, 0) is 19.1 Å². The van der Waals surface area contributed by atoms with Crippen LogP contribution < -0.4 is 11.1 Å². The van der Waals surface area contributed by atoms with Gasteiger partial charge in [-0.3, -0.25) is 0 Å². The molecule has 2 heterocycles. The number of furan rings is 1. The van der Waals surface area contributed by atoms with E-state index in [4.69, 9.17) is 10.2 Å². The minimum atomic E-state index is 0.400. The molecule has 2 aromatic rings. The fraction of sp³-hybridized carbons (Fsp3) is 0.417. The third kappa shape index (κ3) is 3.87. The Hall–Kier alpha value is -1.33. The van der Waals surface area contributed by atoms with E-state index >= 15 is 0 Å². The van der Waals surface area contributed by atoms with E-state index in [1.807, 2.05) is 17.5 Å². The van der Waals surface area contributed by atoms with E-state index in [1.54, 1.807) is 6.26 Å². The maximum atomic E-state index is 5.58. The van der Waals surface area contributed by atoms with Crippen LogP contribution in [0.15, 0.2) is 28.2 Å². The van der Waals surface area contributed by atoms with E-state index in [0.717, 1.165) is 30.8 Å². The molecule has 2 aromatic heterocycles. The van der Waals surface area contributed by atoms with Crippen LogP contribution in [0, 0.1) is 0 Å². The SMILES string of the molecule is CC(Cc1ccco1)NCCc1csc(N)n1. The number of nitrogens with one attached hydrogen (secondary N) is 1. The first-order valence-electron chi connectivity index (χ1n) is 5.69. The molecule has 0 saturated carbocycles. The highest BCUT2D eigenvalue weighted by Crippen LogP contribution is 2.11. The number of nitrogens with two attached hydrogens (primary N) is 1. The minimum Gasteiger partial charge on any atom is -0.469 e. The molecule has 0 aromatic carbocycles. The van der Waals surface area contributed by atoms with Crippen molar-refractivity contribution in [2.24, 2.45) is 0 Å². The van der Waals surface area contributed by atoms with Crippen molar-refractivity contribution in [3.63, 3.8) is 0 Å². The second-order valence-corrected chi connectivity index (χ2v) is 4.96. The molecule has 2 rings (SSSR count). The summed E-state index contributed by atoms with van der Waals surface area (Å²) < 4.78 is 5.30. The van der Waals surface area contributed by atoms with Gasteiger partial charge in [0.25, 0.3) is 0 Å². The third-order valence-corrected chi connectivity index (χ3v) is 3.25. The van der Waals surface area contributed by atoms with Crippen molar-refractivity contribution in [2.45, 2.75) is 25.8 Å². The molecule has 3 N–H and O–H groups in total. The Morgan fingerprint density at radius 2 is 2.47 bits per heavy atom. The molecular formula is C12H17N3OS. The predicted octanol–water partition coefficient (Wildman–Crippen LogP) is 2.08. The fourth-order valence-corrected chi connectivity index (χ4v) is 2.28. The summed E-state index contributed by atoms with van der Waals surface area (Å²) in [7, 11) is 0. The Labute approximate surface area is 105 Å². The highest BCUT2D eigenvalue weighted by molar-refractivity contribution is 7.13. The Morgan fingerprint density at radius 3 is 3.12 bits per heavy atom. The van der Waals surface area contributed by atoms with Gasteiger partial charge in [-0.1, -0.05) is 0 Å². The number of anilines is 1. The molecule has 1 atom stereocenters. The Kier molecular flexibility index (Phi) is 4.17. The number of rotatable bonds is 6. The summed E-state index contributed by atoms with van der Waals surface area (Å²) in [5, 5.41) is 6.09. The Morgan fingerprint density at radius 1 is 1.59 bits per heavy atom. The van der Waals surface area contributed by atoms with Gasteiger partial charge in [0.15, 0.2) is 5.13 Å². The second-order valence-electron chi connectivity index (χ2n) is 4.07. The van der Waals surface area contributed by atoms with Crippen molar-refractivity contribution in [1.82, 2.24) is 10.3 Å². The van der Waals surface area contributed by atoms with Gasteiger partial charge in [-0.25, -0.2) is 4.98 Å². The molecule has 17 heavy (non-hydrogen) atoms. The maximum Gasteiger partial charge on any atom is 0.180 e. The summed E-state index contributed by atoms with van der Waals surface area (Å²) in [6.45, 7) is 3.06. The molecule has 0 radical (unpaired) electrons. The van der Waals surface area contributed by atoms with E-state index in [0.29, 0.717) is 11.2 Å². The van der Waals surface area contributed by atoms with Gasteiger partial charge in [0, 0.05) is 30.8 Å². The van der Waals surface area contributed by atoms with Crippen LogP contribution in [-0.4, -0.2) is 17.6 Å². The molecule has 92 valence electrons. The molecule has 4 nitrogen and oxygen atoms in total. The van der Waals surface area contributed by atoms with Crippen molar-refractivity contribution in [3.8, 4) is 0 Å². The minimum absolute atomic E-state index is 0.400. The molecule has 0 saturated heterocycles. The molecule has 0 amide bonds. The third-order valence-electron chi connectivity index (χ3n) is 2.53. The molecule has 0 spiro atoms. The quantitative estimate of drug-likeness (QED) is 0.825. The Balaban J connectivity index is 1.68. The van der Waals surface area contributed by atoms with E-state index < -0.39 is 0 Å². The lowest BCUT2D eigenvalue weighted by Crippen LogP contribution is -2.29. The van der Waals surface area contributed by atoms with Gasteiger partial charge >= 0.3 is 0 Å². The number of hydrogen-bond acceptors (Lipinski definition) is 5. The molecule has 0 aliphatic carbocycles. The topological polar surface area (TPSA) is 64.1 Å². The molecule has 0 aliphatic rings. The number of nitrogen functional groups attached to an aromatic ring is 1. The van der Waals surface area contributed by atoms with E-state index in [2.05, 4.69) is 17.2 Å². The lowest BCUT2D eigenvalue weighted by Gasteiger charge is -2.11. The van der Waals surface area contributed by atoms with Gasteiger partial charge in [0.05, 0.1) is 12.0 Å². The summed E-state index contributed by atoms with van der Waals surface area (Å²) in [5.41, 5.74) is 6.64. The maximum absolute atomic E-state index is 5.58. The molecule has 5 heteroatoms. The van der Waals surface area contributed by atoms with Crippen LogP contribution >= 0.6 is 11.3 Å². The second kappa shape index (κ2) is 5.84. The van der Waals surface area contributed by atoms with Crippen molar-refractivity contribution < 1.29 is 4.42 Å². The standard InChI is InChI=1S/C12H17N3OS/c1-9(7-11-3-2-6-16-11)14-5-4-10-8-17-12(13)15-10/h2-3,6,8-9,14H,4-5,7H2,1H3,(H2,13,15). The Bertz CT molecular complexity index is 438. The van der Waals surface area contributed by atoms with Gasteiger partial charge < -0.3 is 15.5 Å². The van der Waals surface area contributed by atoms with Crippen molar-refractivity contribution in [3.05, 3.63) is 35.2 Å². The van der Waals surface area contributed by atoms with E-state index in [9.17, 15) is 0 Å². The molecule has 0 fully saturated rings. The smallest absolute Gasteiger partial charge is 0.180 e. The van der Waals surface area contributed by atoms with E-state index in [1.165, 1.54) is 11.3 Å². The fourth-order valence-electron chi connectivity index (χ4n) is 1.69. The van der Waals surface area contributed by atoms with Gasteiger partial charge in [-0.15, -0.1) is 11.3 Å². The summed E-state index contributed by atoms with van der Waals surface area (Å²) in [5.74, 6) is 1.02. The van der Waals surface area contributed by atoms with Crippen LogP contribution in [0.4, 0.5) is 5.13 Å². The predicted molar refractivity (Wildman–Crippen MR) is 70.1 cm³/mol. The molecule has 0 bridgehead atoms. The highest BCUT2D eigenvalue weighted by atomic mass is 32.1. The van der Waals surface area contributed by atoms with Crippen LogP contribution in [0.2, 0.25) is 0 Å². The first-order valence-corrected chi connectivity index (χ1v) is 6.57. The van der Waals surface area contributed by atoms with Crippen LogP contribution in [0.25, 0.3) is 0 Å². The summed E-state index contributed by atoms with van der Waals surface area (Å²) >= 11 is 1.49. The number of hydrogen-bond donors (Lipinski definition) is 2. The number of aromatic nitrogens is 1. The van der Waals surface area contributed by atoms with Gasteiger partial charge in [0.2, 0.25) is 0 Å². The zero-order valence-corrected chi connectivity index (χ0v) is 10.7. The van der Waals surface area contributed by atoms with Crippen molar-refractivity contribution >= 4 is 16.5 Å². The van der Waals surface area contributed by atoms with Crippen molar-refractivity contribution in [1.29, 1.82) is 0 Å². The lowest BCUT2D eigenvalue weighted by molar-refractivity contribution is 0.458. The normalized spacial score (nSPS) is 12.8. The average Bonchev–Trinajstić information content (AvgIpc) is 2.90. The number of thiazole rings is 1. The van der Waals surface area contributed by atoms with Gasteiger partial charge in [0.1, 0.15) is 5.76 Å². The van der Waals surface area contributed by atoms with E-state index in [-0.39, 0.29) is 0 Å². The summed E-state index contributed by atoms with van der Waals surface area (Å²) in [6.07, 6.45) is 3.53. The molecule has 0 aliphatic heterocycles. The summed E-state index contributed by atoms with van der Waals surface area (Å²) in [4.78, 5) is 4.22. The van der Waals surface area contributed by atoms with Crippen LogP contribution in [-0.2, 0) is 12.8 Å². The van der Waals surface area contributed by atoms with Crippen molar-refractivity contribution in [2.75, 3.05) is 12.3 Å². The van der Waals surface area contributed by atoms with Crippen LogP contribution in [0.3, 0.4) is 0 Å². The summed E-state index contributed by atoms with van der Waals surface area (Å²) in [6, 6.07) is 4.32. The zero-order valence-electron chi connectivity index (χ0n) is 9.85. The first-order chi connectivity index (χ1) is 8.24. The van der Waals surface area contributed by atoms with Gasteiger partial charge in [-0.2, -0.15) is 0 Å². The largest absolute Gasteiger partial charge is 0.469 e. The highest BCUT2D eigenvalue weighted by Gasteiger charge is 2.05. The van der Waals surface area contributed by atoms with Crippen LogP contribution in [0.1, 0.15) is 18.4 Å². The average molecular weight is 251 g/mol. The monoisotopic (exact) mass is 251 g/mol. The lowest BCUT2D eigenvalue weighted by atomic mass is 10.2. The molecule has 1 unspecified atom stereocenters. The zero-order chi connectivity index (χ0) is 12.1.